The molecule has 0 amide bonds. The van der Waals surface area contributed by atoms with Gasteiger partial charge in [-0.15, -0.1) is 0 Å². The molecule has 28 heavy (non-hydrogen) atoms. The number of morpholine rings is 1. The van der Waals surface area contributed by atoms with E-state index >= 15 is 0 Å². The van der Waals surface area contributed by atoms with Crippen molar-refractivity contribution in [1.82, 2.24) is 4.31 Å². The first kappa shape index (κ1) is 20.3. The third kappa shape index (κ3) is 5.09. The smallest absolute Gasteiger partial charge is 0.310 e. The van der Waals surface area contributed by atoms with E-state index in [9.17, 15) is 13.2 Å². The Balaban J connectivity index is 1.60. The second-order valence-corrected chi connectivity index (χ2v) is 8.29. The number of benzene rings is 2. The molecular weight excluding hydrogens is 382 g/mol. The minimum Gasteiger partial charge on any atom is -0.497 e. The van der Waals surface area contributed by atoms with Crippen molar-refractivity contribution in [2.75, 3.05) is 33.4 Å². The van der Waals surface area contributed by atoms with Crippen molar-refractivity contribution >= 4 is 16.0 Å². The van der Waals surface area contributed by atoms with Crippen LogP contribution < -0.4 is 4.74 Å². The van der Waals surface area contributed by atoms with Gasteiger partial charge in [-0.3, -0.25) is 4.79 Å². The van der Waals surface area contributed by atoms with E-state index < -0.39 is 10.0 Å². The molecule has 0 saturated carbocycles. The van der Waals surface area contributed by atoms with E-state index in [1.807, 2.05) is 0 Å². The van der Waals surface area contributed by atoms with Gasteiger partial charge in [-0.2, -0.15) is 4.31 Å². The van der Waals surface area contributed by atoms with E-state index in [-0.39, 0.29) is 23.9 Å². The van der Waals surface area contributed by atoms with E-state index in [0.29, 0.717) is 31.9 Å². The van der Waals surface area contributed by atoms with Crippen molar-refractivity contribution in [2.45, 2.75) is 17.9 Å². The van der Waals surface area contributed by atoms with Crippen molar-refractivity contribution < 1.29 is 27.4 Å². The van der Waals surface area contributed by atoms with Gasteiger partial charge in [0.05, 0.1) is 31.6 Å². The second-order valence-electron chi connectivity index (χ2n) is 6.35. The first-order valence-corrected chi connectivity index (χ1v) is 10.4. The van der Waals surface area contributed by atoms with Gasteiger partial charge in [0.1, 0.15) is 12.4 Å². The fourth-order valence-corrected chi connectivity index (χ4v) is 4.34. The molecule has 1 aliphatic rings. The van der Waals surface area contributed by atoms with E-state index in [0.717, 1.165) is 11.3 Å². The van der Waals surface area contributed by atoms with Crippen molar-refractivity contribution in [3.05, 3.63) is 59.7 Å². The van der Waals surface area contributed by atoms with Crippen molar-refractivity contribution in [3.8, 4) is 5.75 Å². The molecule has 0 unspecified atom stereocenters. The molecule has 7 nitrogen and oxygen atoms in total. The molecule has 1 heterocycles. The van der Waals surface area contributed by atoms with Crippen LogP contribution in [0, 0.1) is 0 Å². The summed E-state index contributed by atoms with van der Waals surface area (Å²) in [5.41, 5.74) is 1.44. The Morgan fingerprint density at radius 2 is 1.79 bits per heavy atom. The van der Waals surface area contributed by atoms with Gasteiger partial charge in [0.2, 0.25) is 10.0 Å². The average molecular weight is 405 g/mol. The molecule has 0 atom stereocenters. The summed E-state index contributed by atoms with van der Waals surface area (Å²) >= 11 is 0. The Kier molecular flexibility index (Phi) is 6.66. The molecule has 0 aromatic heterocycles. The molecule has 1 saturated heterocycles. The quantitative estimate of drug-likeness (QED) is 0.656. The molecule has 0 spiro atoms. The number of carbonyl (C=O) groups is 1. The highest BCUT2D eigenvalue weighted by atomic mass is 32.2. The van der Waals surface area contributed by atoms with Crippen molar-refractivity contribution in [2.24, 2.45) is 0 Å². The summed E-state index contributed by atoms with van der Waals surface area (Å²) in [6, 6.07) is 13.6. The molecule has 2 aromatic carbocycles. The number of esters is 1. The summed E-state index contributed by atoms with van der Waals surface area (Å²) in [5.74, 6) is 0.335. The number of nitrogens with zero attached hydrogens (tertiary/aromatic N) is 1. The highest BCUT2D eigenvalue weighted by Crippen LogP contribution is 2.19. The largest absolute Gasteiger partial charge is 0.497 e. The van der Waals surface area contributed by atoms with E-state index in [1.54, 1.807) is 55.6 Å². The number of carbonyl (C=O) groups excluding carboxylic acids is 1. The second kappa shape index (κ2) is 9.18. The Morgan fingerprint density at radius 3 is 2.46 bits per heavy atom. The molecule has 0 bridgehead atoms. The lowest BCUT2D eigenvalue weighted by Gasteiger charge is -2.26. The zero-order valence-corrected chi connectivity index (χ0v) is 16.5. The van der Waals surface area contributed by atoms with Crippen LogP contribution in [0.1, 0.15) is 11.1 Å². The molecule has 0 aliphatic carbocycles. The summed E-state index contributed by atoms with van der Waals surface area (Å²) in [5, 5.41) is 0. The topological polar surface area (TPSA) is 82.1 Å². The van der Waals surface area contributed by atoms with E-state index in [2.05, 4.69) is 0 Å². The number of methoxy groups -OCH3 is 1. The third-order valence-electron chi connectivity index (χ3n) is 4.41. The molecule has 0 N–H and O–H groups in total. The van der Waals surface area contributed by atoms with Crippen LogP contribution in [0.15, 0.2) is 53.4 Å². The van der Waals surface area contributed by atoms with Crippen LogP contribution in [0.3, 0.4) is 0 Å². The predicted molar refractivity (Wildman–Crippen MR) is 103 cm³/mol. The zero-order chi connectivity index (χ0) is 20.0. The average Bonchev–Trinajstić information content (AvgIpc) is 2.74. The fourth-order valence-electron chi connectivity index (χ4n) is 2.86. The molecule has 0 radical (unpaired) electrons. The molecular formula is C20H23NO6S. The maximum absolute atomic E-state index is 12.7. The maximum Gasteiger partial charge on any atom is 0.310 e. The highest BCUT2D eigenvalue weighted by Gasteiger charge is 2.26. The highest BCUT2D eigenvalue weighted by molar-refractivity contribution is 7.89. The summed E-state index contributed by atoms with van der Waals surface area (Å²) in [6.45, 7) is 1.47. The van der Waals surface area contributed by atoms with Gasteiger partial charge in [-0.25, -0.2) is 8.42 Å². The van der Waals surface area contributed by atoms with Crippen molar-refractivity contribution in [1.29, 1.82) is 0 Å². The van der Waals surface area contributed by atoms with Crippen LogP contribution in [0.4, 0.5) is 0 Å². The number of ether oxygens (including phenoxy) is 3. The molecule has 3 rings (SSSR count). The Morgan fingerprint density at radius 1 is 1.07 bits per heavy atom. The summed E-state index contributed by atoms with van der Waals surface area (Å²) in [4.78, 5) is 12.3. The van der Waals surface area contributed by atoms with Crippen LogP contribution in [-0.4, -0.2) is 52.1 Å². The fraction of sp³-hybridized carbons (Fsp3) is 0.350. The van der Waals surface area contributed by atoms with Gasteiger partial charge in [-0.05, 0) is 35.4 Å². The Labute approximate surface area is 164 Å². The van der Waals surface area contributed by atoms with Crippen LogP contribution in [0.25, 0.3) is 0 Å². The standard InChI is InChI=1S/C20H23NO6S/c1-25-18-7-5-16(6-8-18)14-20(22)27-15-17-3-2-4-19(13-17)28(23,24)21-9-11-26-12-10-21/h2-8,13H,9-12,14-15H2,1H3. The van der Waals surface area contributed by atoms with Gasteiger partial charge >= 0.3 is 5.97 Å². The van der Waals surface area contributed by atoms with Gasteiger partial charge in [-0.1, -0.05) is 24.3 Å². The Hall–Kier alpha value is -2.42. The summed E-state index contributed by atoms with van der Waals surface area (Å²) in [7, 11) is -2.00. The van der Waals surface area contributed by atoms with E-state index in [1.165, 1.54) is 4.31 Å². The number of rotatable bonds is 7. The third-order valence-corrected chi connectivity index (χ3v) is 6.31. The lowest BCUT2D eigenvalue weighted by atomic mass is 10.1. The Bertz CT molecular complexity index is 905. The lowest BCUT2D eigenvalue weighted by molar-refractivity contribution is -0.144. The maximum atomic E-state index is 12.7. The number of sulfonamides is 1. The first-order chi connectivity index (χ1) is 13.5. The zero-order valence-electron chi connectivity index (χ0n) is 15.7. The molecule has 1 aliphatic heterocycles. The summed E-state index contributed by atoms with van der Waals surface area (Å²) in [6.07, 6.45) is 0.135. The molecule has 2 aromatic rings. The molecule has 1 fully saturated rings. The van der Waals surface area contributed by atoms with Crippen LogP contribution in [-0.2, 0) is 37.3 Å². The molecule has 8 heteroatoms. The minimum atomic E-state index is -3.58. The monoisotopic (exact) mass is 405 g/mol. The number of hydrogen-bond acceptors (Lipinski definition) is 6. The van der Waals surface area contributed by atoms with Crippen LogP contribution in [0.2, 0.25) is 0 Å². The number of hydrogen-bond donors (Lipinski definition) is 0. The van der Waals surface area contributed by atoms with Crippen LogP contribution >= 0.6 is 0 Å². The van der Waals surface area contributed by atoms with Gasteiger partial charge in [0.15, 0.2) is 0 Å². The van der Waals surface area contributed by atoms with Crippen molar-refractivity contribution in [3.63, 3.8) is 0 Å². The predicted octanol–water partition coefficient (Wildman–Crippen LogP) is 2.00. The minimum absolute atomic E-state index is 0.0153. The first-order valence-electron chi connectivity index (χ1n) is 8.94. The van der Waals surface area contributed by atoms with E-state index in [4.69, 9.17) is 14.2 Å². The van der Waals surface area contributed by atoms with Gasteiger partial charge in [0.25, 0.3) is 0 Å². The lowest BCUT2D eigenvalue weighted by Crippen LogP contribution is -2.40. The van der Waals surface area contributed by atoms with Crippen LogP contribution in [0.5, 0.6) is 5.75 Å². The normalized spacial score (nSPS) is 15.2. The van der Waals surface area contributed by atoms with Gasteiger partial charge in [0, 0.05) is 13.1 Å². The molecule has 150 valence electrons. The summed E-state index contributed by atoms with van der Waals surface area (Å²) < 4.78 is 42.5. The van der Waals surface area contributed by atoms with Gasteiger partial charge < -0.3 is 14.2 Å². The SMILES string of the molecule is COc1ccc(CC(=O)OCc2cccc(S(=O)(=O)N3CCOCC3)c2)cc1.